The van der Waals surface area contributed by atoms with Crippen molar-refractivity contribution in [1.29, 1.82) is 0 Å². The Morgan fingerprint density at radius 1 is 1.15 bits per heavy atom. The van der Waals surface area contributed by atoms with E-state index in [-0.39, 0.29) is 24.0 Å². The van der Waals surface area contributed by atoms with Gasteiger partial charge in [0.25, 0.3) is 0 Å². The van der Waals surface area contributed by atoms with Crippen LogP contribution in [-0.4, -0.2) is 40.4 Å². The van der Waals surface area contributed by atoms with Gasteiger partial charge in [-0.05, 0) is 29.7 Å². The standard InChI is InChI=1S/C20H23N5.HI/c1-21-20(25-13-10-16-6-2-3-7-17(16)14-25)22-11-9-18-15-24-12-5-4-8-19(24)23-18;/h2-8,12,15H,9-11,13-14H2,1H3,(H,21,22);1H. The molecule has 0 spiro atoms. The Hall–Kier alpha value is -2.09. The fourth-order valence-electron chi connectivity index (χ4n) is 3.42. The molecule has 0 saturated carbocycles. The van der Waals surface area contributed by atoms with Crippen molar-refractivity contribution in [3.8, 4) is 0 Å². The molecule has 6 heteroatoms. The summed E-state index contributed by atoms with van der Waals surface area (Å²) >= 11 is 0. The molecule has 0 fully saturated rings. The molecule has 0 amide bonds. The molecule has 5 nitrogen and oxygen atoms in total. The molecule has 1 aliphatic heterocycles. The van der Waals surface area contributed by atoms with Gasteiger partial charge in [0.2, 0.25) is 0 Å². The van der Waals surface area contributed by atoms with E-state index in [9.17, 15) is 0 Å². The third-order valence-electron chi connectivity index (χ3n) is 4.72. The quantitative estimate of drug-likeness (QED) is 0.371. The van der Waals surface area contributed by atoms with Crippen molar-refractivity contribution in [2.24, 2.45) is 4.99 Å². The Labute approximate surface area is 171 Å². The zero-order chi connectivity index (χ0) is 17.1. The van der Waals surface area contributed by atoms with Crippen molar-refractivity contribution < 1.29 is 0 Å². The molecule has 136 valence electrons. The number of hydrogen-bond donors (Lipinski definition) is 1. The maximum absolute atomic E-state index is 4.65. The van der Waals surface area contributed by atoms with Gasteiger partial charge in [-0.15, -0.1) is 24.0 Å². The molecule has 2 aromatic heterocycles. The minimum Gasteiger partial charge on any atom is -0.356 e. The number of benzene rings is 1. The van der Waals surface area contributed by atoms with E-state index in [0.29, 0.717) is 0 Å². The molecule has 0 unspecified atom stereocenters. The number of hydrogen-bond acceptors (Lipinski definition) is 2. The fourth-order valence-corrected chi connectivity index (χ4v) is 3.42. The predicted molar refractivity (Wildman–Crippen MR) is 116 cm³/mol. The second-order valence-electron chi connectivity index (χ2n) is 6.36. The van der Waals surface area contributed by atoms with E-state index >= 15 is 0 Å². The zero-order valence-corrected chi connectivity index (χ0v) is 17.3. The topological polar surface area (TPSA) is 44.9 Å². The van der Waals surface area contributed by atoms with Gasteiger partial charge in [0.05, 0.1) is 5.69 Å². The highest BCUT2D eigenvalue weighted by molar-refractivity contribution is 14.0. The lowest BCUT2D eigenvalue weighted by molar-refractivity contribution is 0.379. The Morgan fingerprint density at radius 2 is 1.96 bits per heavy atom. The first-order valence-corrected chi connectivity index (χ1v) is 8.78. The average Bonchev–Trinajstić information content (AvgIpc) is 3.08. The lowest BCUT2D eigenvalue weighted by Crippen LogP contribution is -2.44. The lowest BCUT2D eigenvalue weighted by atomic mass is 10.0. The maximum atomic E-state index is 4.65. The highest BCUT2D eigenvalue weighted by Crippen LogP contribution is 2.18. The summed E-state index contributed by atoms with van der Waals surface area (Å²) in [5.74, 6) is 0.971. The number of guanidine groups is 1. The van der Waals surface area contributed by atoms with Crippen LogP contribution in [0.15, 0.2) is 59.9 Å². The van der Waals surface area contributed by atoms with Crippen LogP contribution < -0.4 is 5.32 Å². The van der Waals surface area contributed by atoms with Gasteiger partial charge in [-0.25, -0.2) is 4.98 Å². The Balaban J connectivity index is 0.00000196. The van der Waals surface area contributed by atoms with Crippen LogP contribution in [0, 0.1) is 0 Å². The molecule has 26 heavy (non-hydrogen) atoms. The van der Waals surface area contributed by atoms with Gasteiger partial charge >= 0.3 is 0 Å². The van der Waals surface area contributed by atoms with E-state index < -0.39 is 0 Å². The SMILES string of the molecule is CN=C(NCCc1cn2ccccc2n1)N1CCc2ccccc2C1.I. The molecule has 3 aromatic rings. The Morgan fingerprint density at radius 3 is 2.77 bits per heavy atom. The number of halogens is 1. The summed E-state index contributed by atoms with van der Waals surface area (Å²) in [5, 5.41) is 3.49. The summed E-state index contributed by atoms with van der Waals surface area (Å²) < 4.78 is 2.06. The van der Waals surface area contributed by atoms with Crippen molar-refractivity contribution in [1.82, 2.24) is 19.6 Å². The summed E-state index contributed by atoms with van der Waals surface area (Å²) in [5.41, 5.74) is 4.95. The van der Waals surface area contributed by atoms with Crippen LogP contribution in [0.1, 0.15) is 16.8 Å². The van der Waals surface area contributed by atoms with E-state index in [2.05, 4.69) is 55.1 Å². The molecule has 1 N–H and O–H groups in total. The fraction of sp³-hybridized carbons (Fsp3) is 0.300. The number of fused-ring (bicyclic) bond motifs is 2. The van der Waals surface area contributed by atoms with E-state index in [4.69, 9.17) is 0 Å². The zero-order valence-electron chi connectivity index (χ0n) is 14.9. The molecule has 3 heterocycles. The molecule has 0 atom stereocenters. The van der Waals surface area contributed by atoms with E-state index in [1.807, 2.05) is 31.4 Å². The summed E-state index contributed by atoms with van der Waals surface area (Å²) in [6, 6.07) is 14.7. The highest BCUT2D eigenvalue weighted by atomic mass is 127. The first-order chi connectivity index (χ1) is 12.3. The molecule has 0 saturated heterocycles. The maximum Gasteiger partial charge on any atom is 0.193 e. The second-order valence-corrected chi connectivity index (χ2v) is 6.36. The van der Waals surface area contributed by atoms with Crippen molar-refractivity contribution in [3.63, 3.8) is 0 Å². The van der Waals surface area contributed by atoms with Gasteiger partial charge in [0.15, 0.2) is 5.96 Å². The summed E-state index contributed by atoms with van der Waals surface area (Å²) in [6.45, 7) is 2.75. The van der Waals surface area contributed by atoms with Crippen LogP contribution in [-0.2, 0) is 19.4 Å². The van der Waals surface area contributed by atoms with E-state index in [1.165, 1.54) is 11.1 Å². The number of aromatic nitrogens is 2. The average molecular weight is 461 g/mol. The van der Waals surface area contributed by atoms with Gasteiger partial charge in [0, 0.05) is 45.5 Å². The minimum absolute atomic E-state index is 0. The van der Waals surface area contributed by atoms with E-state index in [1.54, 1.807) is 0 Å². The largest absolute Gasteiger partial charge is 0.356 e. The first-order valence-electron chi connectivity index (χ1n) is 8.78. The third-order valence-corrected chi connectivity index (χ3v) is 4.72. The number of pyridine rings is 1. The minimum atomic E-state index is 0. The third kappa shape index (κ3) is 4.00. The van der Waals surface area contributed by atoms with Crippen molar-refractivity contribution in [2.45, 2.75) is 19.4 Å². The number of rotatable bonds is 3. The molecule has 1 aliphatic rings. The molecule has 1 aromatic carbocycles. The Bertz CT molecular complexity index is 869. The van der Waals surface area contributed by atoms with E-state index in [0.717, 1.165) is 49.8 Å². The van der Waals surface area contributed by atoms with Crippen LogP contribution in [0.3, 0.4) is 0 Å². The predicted octanol–water partition coefficient (Wildman–Crippen LogP) is 3.13. The summed E-state index contributed by atoms with van der Waals surface area (Å²) in [6.07, 6.45) is 6.08. The summed E-state index contributed by atoms with van der Waals surface area (Å²) in [7, 11) is 1.85. The first kappa shape index (κ1) is 18.7. The molecular formula is C20H24IN5. The molecule has 0 aliphatic carbocycles. The van der Waals surface area contributed by atoms with Crippen LogP contribution in [0.4, 0.5) is 0 Å². The van der Waals surface area contributed by atoms with Crippen molar-refractivity contribution >= 4 is 35.6 Å². The highest BCUT2D eigenvalue weighted by Gasteiger charge is 2.18. The monoisotopic (exact) mass is 461 g/mol. The van der Waals surface area contributed by atoms with Crippen LogP contribution in [0.5, 0.6) is 0 Å². The van der Waals surface area contributed by atoms with Gasteiger partial charge in [-0.2, -0.15) is 0 Å². The smallest absolute Gasteiger partial charge is 0.193 e. The number of nitrogens with zero attached hydrogens (tertiary/aromatic N) is 4. The van der Waals surface area contributed by atoms with Gasteiger partial charge in [-0.1, -0.05) is 30.3 Å². The van der Waals surface area contributed by atoms with Gasteiger partial charge in [0.1, 0.15) is 5.65 Å². The second kappa shape index (κ2) is 8.53. The van der Waals surface area contributed by atoms with Crippen LogP contribution >= 0.6 is 24.0 Å². The molecule has 4 rings (SSSR count). The summed E-state index contributed by atoms with van der Waals surface area (Å²) in [4.78, 5) is 11.4. The van der Waals surface area contributed by atoms with Crippen molar-refractivity contribution in [2.75, 3.05) is 20.1 Å². The normalized spacial score (nSPS) is 14.0. The Kier molecular flexibility index (Phi) is 6.13. The van der Waals surface area contributed by atoms with Crippen molar-refractivity contribution in [3.05, 3.63) is 71.7 Å². The molecule has 0 bridgehead atoms. The number of imidazole rings is 1. The van der Waals surface area contributed by atoms with Crippen LogP contribution in [0.25, 0.3) is 5.65 Å². The number of nitrogens with one attached hydrogen (secondary N) is 1. The van der Waals surface area contributed by atoms with Crippen LogP contribution in [0.2, 0.25) is 0 Å². The van der Waals surface area contributed by atoms with Gasteiger partial charge in [-0.3, -0.25) is 4.99 Å². The lowest BCUT2D eigenvalue weighted by Gasteiger charge is -2.31. The number of aliphatic imine (C=N–C) groups is 1. The molecule has 0 radical (unpaired) electrons. The van der Waals surface area contributed by atoms with Gasteiger partial charge < -0.3 is 14.6 Å². The molecular weight excluding hydrogens is 437 g/mol.